The van der Waals surface area contributed by atoms with Crippen molar-refractivity contribution >= 4 is 5.96 Å². The minimum absolute atomic E-state index is 0.188. The van der Waals surface area contributed by atoms with Gasteiger partial charge in [-0.3, -0.25) is 0 Å². The molecule has 24 heavy (non-hydrogen) atoms. The van der Waals surface area contributed by atoms with Crippen molar-refractivity contribution in [3.05, 3.63) is 52.2 Å². The minimum Gasteiger partial charge on any atom is -0.361 e. The molecule has 0 saturated heterocycles. The average Bonchev–Trinajstić information content (AvgIpc) is 2.87. The predicted octanol–water partition coefficient (Wildman–Crippen LogP) is 3.04. The number of hydrogen-bond donors (Lipinski definition) is 2. The van der Waals surface area contributed by atoms with E-state index in [0.29, 0.717) is 12.1 Å². The van der Waals surface area contributed by atoms with Crippen molar-refractivity contribution < 1.29 is 8.91 Å². The first kappa shape index (κ1) is 18.0. The Kier molecular flexibility index (Phi) is 6.35. The first-order valence-electron chi connectivity index (χ1n) is 8.20. The Morgan fingerprint density at radius 3 is 2.67 bits per heavy atom. The number of aryl methyl sites for hydroxylation is 3. The second-order valence-corrected chi connectivity index (χ2v) is 5.76. The van der Waals surface area contributed by atoms with Gasteiger partial charge in [-0.2, -0.15) is 0 Å². The summed E-state index contributed by atoms with van der Waals surface area (Å²) in [6.45, 7) is 9.66. The zero-order chi connectivity index (χ0) is 17.5. The Labute approximate surface area is 142 Å². The summed E-state index contributed by atoms with van der Waals surface area (Å²) in [5.41, 5.74) is 3.68. The zero-order valence-electron chi connectivity index (χ0n) is 14.7. The van der Waals surface area contributed by atoms with Crippen molar-refractivity contribution in [1.82, 2.24) is 15.8 Å². The molecule has 1 aromatic carbocycles. The SMILES string of the molecule is CCNC(=NCc1ccc(F)c(C)c1)NCCc1c(C)noc1C. The van der Waals surface area contributed by atoms with Gasteiger partial charge in [-0.05, 0) is 51.3 Å². The van der Waals surface area contributed by atoms with Crippen molar-refractivity contribution in [3.8, 4) is 0 Å². The molecule has 5 nitrogen and oxygen atoms in total. The number of guanidine groups is 1. The van der Waals surface area contributed by atoms with E-state index in [9.17, 15) is 4.39 Å². The Hall–Kier alpha value is -2.37. The smallest absolute Gasteiger partial charge is 0.191 e. The molecule has 0 aliphatic carbocycles. The largest absolute Gasteiger partial charge is 0.361 e. The fourth-order valence-electron chi connectivity index (χ4n) is 2.48. The molecule has 0 bridgehead atoms. The molecule has 0 unspecified atom stereocenters. The van der Waals surface area contributed by atoms with E-state index in [2.05, 4.69) is 20.8 Å². The molecule has 0 fully saturated rings. The number of hydrogen-bond acceptors (Lipinski definition) is 3. The summed E-state index contributed by atoms with van der Waals surface area (Å²) in [6, 6.07) is 5.07. The van der Waals surface area contributed by atoms with Crippen LogP contribution in [0, 0.1) is 26.6 Å². The molecule has 0 aliphatic rings. The number of aliphatic imine (C=N–C) groups is 1. The maximum Gasteiger partial charge on any atom is 0.191 e. The van der Waals surface area contributed by atoms with Crippen LogP contribution in [0.5, 0.6) is 0 Å². The van der Waals surface area contributed by atoms with Crippen LogP contribution in [-0.4, -0.2) is 24.2 Å². The quantitative estimate of drug-likeness (QED) is 0.630. The molecule has 6 heteroatoms. The van der Waals surface area contributed by atoms with Gasteiger partial charge in [0.15, 0.2) is 5.96 Å². The van der Waals surface area contributed by atoms with Gasteiger partial charge < -0.3 is 15.2 Å². The molecule has 0 radical (unpaired) electrons. The number of aromatic nitrogens is 1. The highest BCUT2D eigenvalue weighted by Crippen LogP contribution is 2.12. The van der Waals surface area contributed by atoms with Gasteiger partial charge in [0.2, 0.25) is 0 Å². The van der Waals surface area contributed by atoms with Crippen LogP contribution < -0.4 is 10.6 Å². The maximum atomic E-state index is 13.3. The summed E-state index contributed by atoms with van der Waals surface area (Å²) in [6.07, 6.45) is 0.821. The summed E-state index contributed by atoms with van der Waals surface area (Å²) >= 11 is 0. The van der Waals surface area contributed by atoms with E-state index in [1.807, 2.05) is 26.8 Å². The van der Waals surface area contributed by atoms with Gasteiger partial charge in [0, 0.05) is 18.7 Å². The second kappa shape index (κ2) is 8.47. The number of benzene rings is 1. The number of nitrogens with one attached hydrogen (secondary N) is 2. The van der Waals surface area contributed by atoms with Gasteiger partial charge in [-0.25, -0.2) is 9.38 Å². The van der Waals surface area contributed by atoms with E-state index < -0.39 is 0 Å². The lowest BCUT2D eigenvalue weighted by Crippen LogP contribution is -2.38. The normalized spacial score (nSPS) is 11.6. The Balaban J connectivity index is 1.94. The van der Waals surface area contributed by atoms with E-state index in [1.165, 1.54) is 6.07 Å². The van der Waals surface area contributed by atoms with E-state index >= 15 is 0 Å². The van der Waals surface area contributed by atoms with Crippen LogP contribution in [0.25, 0.3) is 0 Å². The number of rotatable bonds is 6. The topological polar surface area (TPSA) is 62.5 Å². The average molecular weight is 332 g/mol. The molecule has 2 N–H and O–H groups in total. The third-order valence-electron chi connectivity index (χ3n) is 3.83. The van der Waals surface area contributed by atoms with Gasteiger partial charge in [-0.15, -0.1) is 0 Å². The highest BCUT2D eigenvalue weighted by atomic mass is 19.1. The van der Waals surface area contributed by atoms with Crippen LogP contribution in [0.3, 0.4) is 0 Å². The van der Waals surface area contributed by atoms with Crippen molar-refractivity contribution in [2.45, 2.75) is 40.7 Å². The minimum atomic E-state index is -0.188. The Morgan fingerprint density at radius 2 is 2.04 bits per heavy atom. The highest BCUT2D eigenvalue weighted by molar-refractivity contribution is 5.79. The molecule has 0 amide bonds. The first-order valence-corrected chi connectivity index (χ1v) is 8.20. The monoisotopic (exact) mass is 332 g/mol. The Morgan fingerprint density at radius 1 is 1.25 bits per heavy atom. The molecule has 1 heterocycles. The molecule has 130 valence electrons. The van der Waals surface area contributed by atoms with Crippen LogP contribution in [0.4, 0.5) is 4.39 Å². The van der Waals surface area contributed by atoms with Crippen molar-refractivity contribution in [3.63, 3.8) is 0 Å². The van der Waals surface area contributed by atoms with E-state index in [1.54, 1.807) is 13.0 Å². The molecule has 0 spiro atoms. The van der Waals surface area contributed by atoms with Crippen LogP contribution in [0.2, 0.25) is 0 Å². The number of halogens is 1. The van der Waals surface area contributed by atoms with E-state index in [4.69, 9.17) is 4.52 Å². The Bertz CT molecular complexity index is 690. The lowest BCUT2D eigenvalue weighted by Gasteiger charge is -2.11. The maximum absolute atomic E-state index is 13.3. The highest BCUT2D eigenvalue weighted by Gasteiger charge is 2.08. The van der Waals surface area contributed by atoms with Gasteiger partial charge in [0.05, 0.1) is 12.2 Å². The lowest BCUT2D eigenvalue weighted by atomic mass is 10.1. The van der Waals surface area contributed by atoms with E-state index in [-0.39, 0.29) is 5.82 Å². The molecular weight excluding hydrogens is 307 g/mol. The first-order chi connectivity index (χ1) is 11.5. The standard InChI is InChI=1S/C18H25FN4O/c1-5-20-18(21-9-8-16-13(3)23-24-14(16)4)22-11-15-6-7-17(19)12(2)10-15/h6-7,10H,5,8-9,11H2,1-4H3,(H2,20,21,22). The molecule has 0 atom stereocenters. The summed E-state index contributed by atoms with van der Waals surface area (Å²) in [4.78, 5) is 4.55. The van der Waals surface area contributed by atoms with Gasteiger partial charge in [0.1, 0.15) is 11.6 Å². The molecule has 0 saturated carbocycles. The summed E-state index contributed by atoms with van der Waals surface area (Å²) in [7, 11) is 0. The fourth-order valence-corrected chi connectivity index (χ4v) is 2.48. The molecule has 2 aromatic rings. The molecule has 0 aliphatic heterocycles. The predicted molar refractivity (Wildman–Crippen MR) is 93.6 cm³/mol. The van der Waals surface area contributed by atoms with Crippen molar-refractivity contribution in [2.75, 3.05) is 13.1 Å². The van der Waals surface area contributed by atoms with Gasteiger partial charge in [-0.1, -0.05) is 17.3 Å². The number of nitrogens with zero attached hydrogens (tertiary/aromatic N) is 2. The van der Waals surface area contributed by atoms with Crippen LogP contribution in [0.15, 0.2) is 27.7 Å². The molecular formula is C18H25FN4O. The summed E-state index contributed by atoms with van der Waals surface area (Å²) in [5.74, 6) is 1.41. The third kappa shape index (κ3) is 4.81. The van der Waals surface area contributed by atoms with E-state index in [0.717, 1.165) is 48.1 Å². The van der Waals surface area contributed by atoms with Crippen molar-refractivity contribution in [2.24, 2.45) is 4.99 Å². The third-order valence-corrected chi connectivity index (χ3v) is 3.83. The lowest BCUT2D eigenvalue weighted by molar-refractivity contribution is 0.392. The summed E-state index contributed by atoms with van der Waals surface area (Å²) in [5, 5.41) is 10.5. The van der Waals surface area contributed by atoms with Gasteiger partial charge in [0.25, 0.3) is 0 Å². The fraction of sp³-hybridized carbons (Fsp3) is 0.444. The molecule has 1 aromatic heterocycles. The van der Waals surface area contributed by atoms with Gasteiger partial charge >= 0.3 is 0 Å². The van der Waals surface area contributed by atoms with Crippen LogP contribution in [-0.2, 0) is 13.0 Å². The second-order valence-electron chi connectivity index (χ2n) is 5.76. The van der Waals surface area contributed by atoms with Crippen LogP contribution in [0.1, 0.15) is 35.1 Å². The van der Waals surface area contributed by atoms with Crippen molar-refractivity contribution in [1.29, 1.82) is 0 Å². The van der Waals surface area contributed by atoms with Crippen LogP contribution >= 0.6 is 0 Å². The zero-order valence-corrected chi connectivity index (χ0v) is 14.7. The molecule has 2 rings (SSSR count). The summed E-state index contributed by atoms with van der Waals surface area (Å²) < 4.78 is 18.5.